The first-order valence-corrected chi connectivity index (χ1v) is 20.2. The number of anilines is 1. The van der Waals surface area contributed by atoms with E-state index in [2.05, 4.69) is 39.9 Å². The highest BCUT2D eigenvalue weighted by atomic mass is 16.5. The number of amides is 1. The van der Waals surface area contributed by atoms with Gasteiger partial charge in [-0.2, -0.15) is 0 Å². The Morgan fingerprint density at radius 1 is 0.982 bits per heavy atom. The Hall–Kier alpha value is -4.23. The highest BCUT2D eigenvalue weighted by Gasteiger charge is 2.76. The van der Waals surface area contributed by atoms with Crippen molar-refractivity contribution in [3.05, 3.63) is 70.9 Å². The molecule has 9 rings (SSSR count). The Bertz CT molecular complexity index is 2150. The second kappa shape index (κ2) is 12.9. The fourth-order valence-electron chi connectivity index (χ4n) is 13.0. The number of rotatable bonds is 7. The van der Waals surface area contributed by atoms with Gasteiger partial charge in [-0.3, -0.25) is 19.4 Å². The molecule has 3 aromatic rings. The van der Waals surface area contributed by atoms with Gasteiger partial charge in [-0.05, 0) is 80.7 Å². The van der Waals surface area contributed by atoms with Crippen LogP contribution in [0.2, 0.25) is 0 Å². The van der Waals surface area contributed by atoms with Crippen LogP contribution >= 0.6 is 0 Å². The van der Waals surface area contributed by atoms with E-state index in [1.165, 1.54) is 19.1 Å². The lowest BCUT2D eigenvalue weighted by Gasteiger charge is -2.60. The number of hydrogen-bond acceptors (Lipinski definition) is 10. The van der Waals surface area contributed by atoms with Crippen LogP contribution in [0.25, 0.3) is 10.9 Å². The Morgan fingerprint density at radius 3 is 2.48 bits per heavy atom. The number of fused-ring (bicyclic) bond motifs is 6. The summed E-state index contributed by atoms with van der Waals surface area (Å²) in [6, 6.07) is 10.9. The highest BCUT2D eigenvalue weighted by molar-refractivity contribution is 5.96. The number of nitrogens with zero attached hydrogens (tertiary/aromatic N) is 3. The van der Waals surface area contributed by atoms with Crippen molar-refractivity contribution in [1.29, 1.82) is 0 Å². The van der Waals surface area contributed by atoms with Gasteiger partial charge in [0, 0.05) is 71.3 Å². The second-order valence-corrected chi connectivity index (χ2v) is 17.5. The number of benzene rings is 2. The molecule has 1 saturated carbocycles. The number of hydrogen-bond donors (Lipinski definition) is 3. The van der Waals surface area contributed by atoms with Gasteiger partial charge in [0.25, 0.3) is 0 Å². The lowest BCUT2D eigenvalue weighted by Crippen LogP contribution is -2.74. The van der Waals surface area contributed by atoms with Crippen molar-refractivity contribution < 1.29 is 38.8 Å². The number of aliphatic hydroxyl groups is 2. The summed E-state index contributed by atoms with van der Waals surface area (Å²) in [6.45, 7) is 7.49. The predicted octanol–water partition coefficient (Wildman–Crippen LogP) is 3.98. The Morgan fingerprint density at radius 2 is 1.77 bits per heavy atom. The fourth-order valence-corrected chi connectivity index (χ4v) is 13.0. The van der Waals surface area contributed by atoms with E-state index in [1.54, 1.807) is 7.11 Å². The molecule has 1 unspecified atom stereocenters. The lowest BCUT2D eigenvalue weighted by molar-refractivity contribution is -0.181. The van der Waals surface area contributed by atoms with Gasteiger partial charge in [-0.15, -0.1) is 0 Å². The minimum absolute atomic E-state index is 0.0959. The third-order valence-corrected chi connectivity index (χ3v) is 15.1. The van der Waals surface area contributed by atoms with E-state index in [1.807, 2.05) is 37.3 Å². The number of aromatic nitrogens is 1. The van der Waals surface area contributed by atoms with Crippen molar-refractivity contribution in [2.45, 2.75) is 92.9 Å². The van der Waals surface area contributed by atoms with Crippen LogP contribution in [0.4, 0.5) is 5.69 Å². The summed E-state index contributed by atoms with van der Waals surface area (Å²) >= 11 is 0. The maximum Gasteiger partial charge on any atom is 0.340 e. The number of nitrogens with one attached hydrogen (secondary N) is 1. The van der Waals surface area contributed by atoms with Gasteiger partial charge >= 0.3 is 11.9 Å². The number of piperidine rings is 1. The topological polar surface area (TPSA) is 145 Å². The molecule has 56 heavy (non-hydrogen) atoms. The molecule has 2 saturated heterocycles. The van der Waals surface area contributed by atoms with Gasteiger partial charge in [-0.1, -0.05) is 44.2 Å². The normalized spacial score (nSPS) is 37.0. The minimum atomic E-state index is -2.04. The molecule has 5 aliphatic heterocycles. The summed E-state index contributed by atoms with van der Waals surface area (Å²) < 4.78 is 17.6. The Labute approximate surface area is 327 Å². The van der Waals surface area contributed by atoms with Gasteiger partial charge in [0.1, 0.15) is 11.2 Å². The smallest absolute Gasteiger partial charge is 0.340 e. The van der Waals surface area contributed by atoms with Gasteiger partial charge in [0.2, 0.25) is 6.41 Å². The lowest BCUT2D eigenvalue weighted by atomic mass is 9.49. The van der Waals surface area contributed by atoms with Crippen LogP contribution in [0.15, 0.2) is 48.6 Å². The number of H-pyrrole nitrogens is 1. The summed E-state index contributed by atoms with van der Waals surface area (Å²) in [5.41, 5.74) is -1.32. The van der Waals surface area contributed by atoms with Crippen molar-refractivity contribution in [3.63, 3.8) is 0 Å². The molecule has 1 spiro atoms. The van der Waals surface area contributed by atoms with E-state index in [-0.39, 0.29) is 18.4 Å². The highest BCUT2D eigenvalue weighted by Crippen LogP contribution is 2.67. The number of para-hydroxylation sites is 1. The summed E-state index contributed by atoms with van der Waals surface area (Å²) in [5.74, 6) is -0.932. The largest absolute Gasteiger partial charge is 0.496 e. The maximum atomic E-state index is 15.2. The number of ether oxygens (including phenoxy) is 3. The number of esters is 2. The zero-order valence-corrected chi connectivity index (χ0v) is 33.1. The van der Waals surface area contributed by atoms with Gasteiger partial charge in [0.15, 0.2) is 5.60 Å². The van der Waals surface area contributed by atoms with Gasteiger partial charge in [0.05, 0.1) is 38.7 Å². The van der Waals surface area contributed by atoms with Crippen LogP contribution in [0.5, 0.6) is 5.75 Å². The molecule has 9 atom stereocenters. The molecule has 2 bridgehead atoms. The Balaban J connectivity index is 1.37. The Kier molecular flexibility index (Phi) is 8.60. The first-order valence-electron chi connectivity index (χ1n) is 20.2. The fraction of sp³-hybridized carbons (Fsp3) is 0.568. The first kappa shape index (κ1) is 37.4. The molecule has 0 radical (unpaired) electrons. The monoisotopic (exact) mass is 766 g/mol. The number of carbonyl (C=O) groups is 3. The standard InChI is InChI=1S/C44H54N4O8/c1-6-40-14-10-16-47-18-15-42(36(40)47)30-19-31(34(54-3)20-33(30)48(26-49)37(42)44(53,24-40)39(51)56-5)43(38(50)55-4)22-27-21-41(52,7-2)25-46(23-27)17-13-29-28-11-8-9-12-32(28)45-35(29)43/h8-12,14,19-20,26-27,36-37,45,52-53H,6-7,13,15-18,21-25H2,1-5H3/t27-,36+,37+,40+,41-,42-,43-,44+/m0/s1. The summed E-state index contributed by atoms with van der Waals surface area (Å²) in [4.78, 5) is 52.8. The van der Waals surface area contributed by atoms with Crippen molar-refractivity contribution >= 4 is 34.9 Å². The molecule has 12 heteroatoms. The van der Waals surface area contributed by atoms with E-state index in [9.17, 15) is 19.8 Å². The first-order chi connectivity index (χ1) is 26.9. The van der Waals surface area contributed by atoms with E-state index in [4.69, 9.17) is 14.2 Å². The van der Waals surface area contributed by atoms with Crippen molar-refractivity contribution in [3.8, 4) is 5.75 Å². The summed E-state index contributed by atoms with van der Waals surface area (Å²) in [5, 5.41) is 25.8. The quantitative estimate of drug-likeness (QED) is 0.184. The van der Waals surface area contributed by atoms with Crippen molar-refractivity contribution in [2.24, 2.45) is 11.3 Å². The van der Waals surface area contributed by atoms with Gasteiger partial charge in [-0.25, -0.2) is 4.79 Å². The maximum absolute atomic E-state index is 15.2. The molecule has 2 aromatic carbocycles. The predicted molar refractivity (Wildman–Crippen MR) is 210 cm³/mol. The molecular weight excluding hydrogens is 713 g/mol. The summed E-state index contributed by atoms with van der Waals surface area (Å²) in [6.07, 6.45) is 8.41. The van der Waals surface area contributed by atoms with Crippen LogP contribution in [-0.4, -0.2) is 121 Å². The number of aromatic amines is 1. The van der Waals surface area contributed by atoms with E-state index in [0.29, 0.717) is 88.2 Å². The second-order valence-electron chi connectivity index (χ2n) is 17.5. The van der Waals surface area contributed by atoms with Crippen LogP contribution in [0.3, 0.4) is 0 Å². The zero-order chi connectivity index (χ0) is 39.4. The molecule has 12 nitrogen and oxygen atoms in total. The molecule has 1 aromatic heterocycles. The molecule has 6 aliphatic rings. The van der Waals surface area contributed by atoms with Crippen molar-refractivity contribution in [2.75, 3.05) is 59.0 Å². The van der Waals surface area contributed by atoms with E-state index >= 15 is 4.79 Å². The minimum Gasteiger partial charge on any atom is -0.496 e. The van der Waals surface area contributed by atoms with Crippen LogP contribution in [0, 0.1) is 11.3 Å². The van der Waals surface area contributed by atoms with E-state index in [0.717, 1.165) is 34.1 Å². The third kappa shape index (κ3) is 4.76. The SMILES string of the molecule is CC[C@]1(O)C[C@@H]2CN(CCc3c([nH]c4ccccc34)[C@@](C(=O)OC)(c3cc4c(cc3OC)N(C=O)[C@@H]3[C@@]45CCN4CC=C[C@](CC)(C[C@]3(O)C(=O)OC)[C@@H]45)C2)C1. The molecular formula is C44H54N4O8. The van der Waals surface area contributed by atoms with Crippen LogP contribution in [0.1, 0.15) is 74.8 Å². The molecule has 6 heterocycles. The number of carbonyl (C=O) groups excluding carboxylic acids is 3. The van der Waals surface area contributed by atoms with Crippen LogP contribution in [-0.2, 0) is 41.1 Å². The average molecular weight is 767 g/mol. The molecule has 298 valence electrons. The summed E-state index contributed by atoms with van der Waals surface area (Å²) in [7, 11) is 4.27. The molecule has 3 fully saturated rings. The average Bonchev–Trinajstić information content (AvgIpc) is 3.88. The number of methoxy groups -OCH3 is 3. The molecule has 1 amide bonds. The molecule has 1 aliphatic carbocycles. The zero-order valence-electron chi connectivity index (χ0n) is 33.1. The van der Waals surface area contributed by atoms with Crippen molar-refractivity contribution in [1.82, 2.24) is 14.8 Å². The van der Waals surface area contributed by atoms with Gasteiger partial charge < -0.3 is 34.3 Å². The third-order valence-electron chi connectivity index (χ3n) is 15.1. The molecule has 3 N–H and O–H groups in total. The van der Waals surface area contributed by atoms with Crippen LogP contribution < -0.4 is 9.64 Å². The van der Waals surface area contributed by atoms with E-state index < -0.39 is 45.4 Å².